The first kappa shape index (κ1) is 19.4. The van der Waals surface area contributed by atoms with Crippen molar-refractivity contribution in [1.29, 1.82) is 0 Å². The minimum absolute atomic E-state index is 0.118. The third-order valence-electron chi connectivity index (χ3n) is 5.39. The van der Waals surface area contributed by atoms with E-state index in [2.05, 4.69) is 5.32 Å². The number of sulfonamides is 1. The van der Waals surface area contributed by atoms with E-state index in [0.29, 0.717) is 42.5 Å². The van der Waals surface area contributed by atoms with E-state index in [1.54, 1.807) is 0 Å². The Hall–Kier alpha value is -2.88. The van der Waals surface area contributed by atoms with Crippen molar-refractivity contribution in [3.05, 3.63) is 45.5 Å². The molecule has 0 spiro atoms. The summed E-state index contributed by atoms with van der Waals surface area (Å²) >= 11 is 0. The minimum atomic E-state index is -4.42. The molecule has 154 valence electrons. The van der Waals surface area contributed by atoms with Crippen LogP contribution < -0.4 is 10.0 Å². The predicted octanol–water partition coefficient (Wildman–Crippen LogP) is 2.91. The van der Waals surface area contributed by atoms with Crippen molar-refractivity contribution < 1.29 is 31.9 Å². The lowest BCUT2D eigenvalue weighted by molar-refractivity contribution is 0.0655. The molecule has 29 heavy (non-hydrogen) atoms. The number of anilines is 1. The second kappa shape index (κ2) is 6.87. The minimum Gasteiger partial charge on any atom is -0.475 e. The van der Waals surface area contributed by atoms with E-state index in [-0.39, 0.29) is 11.4 Å². The second-order valence-electron chi connectivity index (χ2n) is 7.25. The first-order chi connectivity index (χ1) is 13.7. The smallest absolute Gasteiger partial charge is 0.372 e. The van der Waals surface area contributed by atoms with Gasteiger partial charge in [0.25, 0.3) is 10.0 Å². The van der Waals surface area contributed by atoms with E-state index in [1.807, 2.05) is 4.72 Å². The molecule has 0 aliphatic heterocycles. The molecule has 0 unspecified atom stereocenters. The Morgan fingerprint density at radius 2 is 1.62 bits per heavy atom. The van der Waals surface area contributed by atoms with Crippen LogP contribution in [0.3, 0.4) is 0 Å². The lowest BCUT2D eigenvalue weighted by Gasteiger charge is -2.17. The van der Waals surface area contributed by atoms with Crippen LogP contribution in [0.15, 0.2) is 15.6 Å². The average molecular weight is 422 g/mol. The van der Waals surface area contributed by atoms with Gasteiger partial charge in [0.15, 0.2) is 0 Å². The van der Waals surface area contributed by atoms with E-state index < -0.39 is 32.9 Å². The quantitative estimate of drug-likeness (QED) is 0.696. The Kier molecular flexibility index (Phi) is 4.60. The molecule has 10 heteroatoms. The molecule has 1 aromatic heterocycles. The van der Waals surface area contributed by atoms with Gasteiger partial charge in [-0.15, -0.1) is 0 Å². The lowest BCUT2D eigenvalue weighted by atomic mass is 9.98. The molecule has 2 aliphatic carbocycles. The van der Waals surface area contributed by atoms with Crippen molar-refractivity contribution in [3.63, 3.8) is 0 Å². The third-order valence-corrected chi connectivity index (χ3v) is 6.57. The summed E-state index contributed by atoms with van der Waals surface area (Å²) in [6.07, 6.45) is 3.95. The summed E-state index contributed by atoms with van der Waals surface area (Å²) in [7, 11) is -4.42. The second-order valence-corrected chi connectivity index (χ2v) is 8.87. The van der Waals surface area contributed by atoms with Gasteiger partial charge in [0.05, 0.1) is 0 Å². The normalized spacial score (nSPS) is 15.1. The van der Waals surface area contributed by atoms with Crippen LogP contribution >= 0.6 is 0 Å². The van der Waals surface area contributed by atoms with Crippen LogP contribution in [0.25, 0.3) is 0 Å². The number of urea groups is 1. The maximum Gasteiger partial charge on any atom is 0.372 e. The Morgan fingerprint density at radius 1 is 1.07 bits per heavy atom. The molecular weight excluding hydrogens is 403 g/mol. The monoisotopic (exact) mass is 422 g/mol. The zero-order valence-corrected chi connectivity index (χ0v) is 16.4. The summed E-state index contributed by atoms with van der Waals surface area (Å²) < 4.78 is 46.3. The third kappa shape index (κ3) is 3.27. The van der Waals surface area contributed by atoms with Gasteiger partial charge in [-0.25, -0.2) is 18.7 Å². The number of carbonyl (C=O) groups excluding carboxylic acids is 1. The number of hydrogen-bond acceptors (Lipinski definition) is 5. The molecule has 0 saturated carbocycles. The number of carboxylic acids is 1. The molecule has 0 fully saturated rings. The van der Waals surface area contributed by atoms with Crippen LogP contribution in [0.1, 0.15) is 51.2 Å². The van der Waals surface area contributed by atoms with Gasteiger partial charge in [-0.05, 0) is 67.7 Å². The van der Waals surface area contributed by atoms with Gasteiger partial charge < -0.3 is 14.8 Å². The van der Waals surface area contributed by atoms with E-state index in [1.165, 1.54) is 6.92 Å². The maximum atomic E-state index is 14.7. The summed E-state index contributed by atoms with van der Waals surface area (Å²) in [5.41, 5.74) is 3.23. The number of hydrogen-bond donors (Lipinski definition) is 3. The van der Waals surface area contributed by atoms with E-state index >= 15 is 0 Å². The molecule has 8 nitrogen and oxygen atoms in total. The highest BCUT2D eigenvalue weighted by molar-refractivity contribution is 7.89. The Balaban J connectivity index is 1.61. The number of halogens is 1. The highest BCUT2D eigenvalue weighted by atomic mass is 32.2. The number of rotatable bonds is 4. The van der Waals surface area contributed by atoms with E-state index in [0.717, 1.165) is 30.0 Å². The predicted molar refractivity (Wildman–Crippen MR) is 100 cm³/mol. The van der Waals surface area contributed by atoms with Gasteiger partial charge >= 0.3 is 12.0 Å². The molecule has 2 amide bonds. The fourth-order valence-electron chi connectivity index (χ4n) is 4.15. The van der Waals surface area contributed by atoms with Crippen LogP contribution in [0.2, 0.25) is 0 Å². The molecule has 2 aromatic rings. The van der Waals surface area contributed by atoms with E-state index in [9.17, 15) is 22.4 Å². The van der Waals surface area contributed by atoms with E-state index in [4.69, 9.17) is 9.52 Å². The Bertz CT molecular complexity index is 1120. The van der Waals surface area contributed by atoms with Gasteiger partial charge in [0.1, 0.15) is 5.82 Å². The molecule has 3 N–H and O–H groups in total. The van der Waals surface area contributed by atoms with Crippen molar-refractivity contribution >= 4 is 27.7 Å². The van der Waals surface area contributed by atoms with Gasteiger partial charge in [-0.2, -0.15) is 8.42 Å². The van der Waals surface area contributed by atoms with Crippen LogP contribution in [0.5, 0.6) is 0 Å². The number of aromatic carboxylic acids is 1. The van der Waals surface area contributed by atoms with Crippen LogP contribution in [0.4, 0.5) is 14.9 Å². The van der Waals surface area contributed by atoms with Gasteiger partial charge in [-0.3, -0.25) is 0 Å². The van der Waals surface area contributed by atoms with Crippen LogP contribution in [0, 0.1) is 12.7 Å². The lowest BCUT2D eigenvalue weighted by Crippen LogP contribution is -2.34. The zero-order chi connectivity index (χ0) is 20.9. The van der Waals surface area contributed by atoms with Crippen molar-refractivity contribution in [2.45, 2.75) is 50.5 Å². The van der Waals surface area contributed by atoms with Crippen molar-refractivity contribution in [2.75, 3.05) is 5.32 Å². The molecule has 0 atom stereocenters. The number of carbonyl (C=O) groups is 2. The molecule has 0 bridgehead atoms. The maximum absolute atomic E-state index is 14.7. The number of nitrogens with one attached hydrogen (secondary N) is 2. The number of aryl methyl sites for hydroxylation is 1. The van der Waals surface area contributed by atoms with Crippen LogP contribution in [-0.4, -0.2) is 25.5 Å². The standard InChI is InChI=1S/C19H19FN2O6S/c1-9-8-14(28-17(9)18(23)24)29(26,27)22-19(25)21-16-12-6-2-4-10(12)15(20)11-5-3-7-13(11)16/h8H,2-7H2,1H3,(H,23,24)(H2,21,22,25). The number of benzene rings is 1. The summed E-state index contributed by atoms with van der Waals surface area (Å²) in [6.45, 7) is 1.39. The molecule has 1 aromatic carbocycles. The first-order valence-corrected chi connectivity index (χ1v) is 10.7. The Morgan fingerprint density at radius 3 is 2.14 bits per heavy atom. The zero-order valence-electron chi connectivity index (χ0n) is 15.6. The molecule has 0 radical (unpaired) electrons. The topological polar surface area (TPSA) is 126 Å². The summed E-state index contributed by atoms with van der Waals surface area (Å²) in [6, 6.07) is 0.0255. The molecule has 1 heterocycles. The number of furan rings is 1. The SMILES string of the molecule is Cc1cc(S(=O)(=O)NC(=O)Nc2c3c(c(F)c4c2CCC4)CCC3)oc1C(=O)O. The largest absolute Gasteiger partial charge is 0.475 e. The summed E-state index contributed by atoms with van der Waals surface area (Å²) in [5, 5.41) is 10.9. The molecule has 0 saturated heterocycles. The van der Waals surface area contributed by atoms with Gasteiger partial charge in [-0.1, -0.05) is 0 Å². The highest BCUT2D eigenvalue weighted by Crippen LogP contribution is 2.40. The number of carboxylic acid groups (broad SMARTS) is 1. The van der Waals surface area contributed by atoms with Crippen molar-refractivity contribution in [3.8, 4) is 0 Å². The first-order valence-electron chi connectivity index (χ1n) is 9.21. The average Bonchev–Trinajstić information content (AvgIpc) is 3.36. The van der Waals surface area contributed by atoms with Crippen LogP contribution in [-0.2, 0) is 35.7 Å². The van der Waals surface area contributed by atoms with Crippen molar-refractivity contribution in [1.82, 2.24) is 4.72 Å². The van der Waals surface area contributed by atoms with Crippen molar-refractivity contribution in [2.24, 2.45) is 0 Å². The Labute approximate surface area is 166 Å². The molecule has 4 rings (SSSR count). The fraction of sp³-hybridized carbons (Fsp3) is 0.368. The summed E-state index contributed by atoms with van der Waals surface area (Å²) in [4.78, 5) is 23.5. The van der Waals surface area contributed by atoms with Gasteiger partial charge in [0.2, 0.25) is 10.9 Å². The number of fused-ring (bicyclic) bond motifs is 2. The number of amides is 2. The highest BCUT2D eigenvalue weighted by Gasteiger charge is 2.31. The molecule has 2 aliphatic rings. The summed E-state index contributed by atoms with van der Waals surface area (Å²) in [5.74, 6) is -2.12. The van der Waals surface area contributed by atoms with Gasteiger partial charge in [0, 0.05) is 17.3 Å². The fourth-order valence-corrected chi connectivity index (χ4v) is 5.07. The molecular formula is C19H19FN2O6S.